The highest BCUT2D eigenvalue weighted by Crippen LogP contribution is 2.32. The maximum atomic E-state index is 4.96. The zero-order valence-electron chi connectivity index (χ0n) is 17.6. The monoisotopic (exact) mass is 392 g/mol. The van der Waals surface area contributed by atoms with Crippen LogP contribution in [0.1, 0.15) is 43.1 Å². The Bertz CT molecular complexity index is 882. The normalized spacial score (nSPS) is 24.7. The summed E-state index contributed by atoms with van der Waals surface area (Å²) in [6.45, 7) is 5.40. The van der Waals surface area contributed by atoms with E-state index in [1.54, 1.807) is 0 Å². The summed E-state index contributed by atoms with van der Waals surface area (Å²) in [6.07, 6.45) is 6.21. The molecule has 29 heavy (non-hydrogen) atoms. The number of nitrogens with one attached hydrogen (secondary N) is 2. The first-order valence-corrected chi connectivity index (χ1v) is 11.1. The summed E-state index contributed by atoms with van der Waals surface area (Å²) in [6, 6.07) is 11.8. The van der Waals surface area contributed by atoms with Crippen molar-refractivity contribution in [3.8, 4) is 5.69 Å². The lowest BCUT2D eigenvalue weighted by molar-refractivity contribution is 0.315. The van der Waals surface area contributed by atoms with Crippen LogP contribution in [0.5, 0.6) is 0 Å². The van der Waals surface area contributed by atoms with Crippen molar-refractivity contribution in [3.63, 3.8) is 0 Å². The maximum absolute atomic E-state index is 4.96. The molecule has 6 heteroatoms. The average Bonchev–Trinajstić information content (AvgIpc) is 3.22. The Balaban J connectivity index is 1.26. The lowest BCUT2D eigenvalue weighted by atomic mass is 10.1. The number of aliphatic imine (C=N–C) groups is 1. The van der Waals surface area contributed by atoms with Gasteiger partial charge in [0.15, 0.2) is 5.96 Å². The van der Waals surface area contributed by atoms with Gasteiger partial charge in [0.1, 0.15) is 0 Å². The average molecular weight is 393 g/mol. The second kappa shape index (κ2) is 7.82. The number of benzene rings is 1. The van der Waals surface area contributed by atoms with E-state index in [0.717, 1.165) is 49.3 Å². The summed E-state index contributed by atoms with van der Waals surface area (Å²) in [4.78, 5) is 7.13. The number of para-hydroxylation sites is 1. The molecule has 2 unspecified atom stereocenters. The number of hydrogen-bond donors (Lipinski definition) is 2. The van der Waals surface area contributed by atoms with Gasteiger partial charge in [-0.25, -0.2) is 4.68 Å². The Kier molecular flexibility index (Phi) is 5.04. The van der Waals surface area contributed by atoms with Gasteiger partial charge in [0, 0.05) is 37.9 Å². The zero-order valence-corrected chi connectivity index (χ0v) is 17.6. The van der Waals surface area contributed by atoms with Crippen LogP contribution in [-0.2, 0) is 19.4 Å². The molecule has 154 valence electrons. The number of likely N-dealkylation sites (tertiary alicyclic amines) is 1. The van der Waals surface area contributed by atoms with Crippen molar-refractivity contribution in [3.05, 3.63) is 47.3 Å². The minimum atomic E-state index is 0.467. The molecule has 6 nitrogen and oxygen atoms in total. The second-order valence-corrected chi connectivity index (χ2v) is 8.81. The third kappa shape index (κ3) is 3.78. The molecule has 2 aromatic rings. The molecule has 1 aromatic carbocycles. The highest BCUT2D eigenvalue weighted by molar-refractivity contribution is 5.80. The lowest BCUT2D eigenvalue weighted by Gasteiger charge is -2.20. The van der Waals surface area contributed by atoms with E-state index < -0.39 is 0 Å². The fraction of sp³-hybridized carbons (Fsp3) is 0.565. The topological polar surface area (TPSA) is 57.5 Å². The summed E-state index contributed by atoms with van der Waals surface area (Å²) in [5.74, 6) is 1.54. The Hall–Kier alpha value is -2.34. The predicted molar refractivity (Wildman–Crippen MR) is 116 cm³/mol. The minimum absolute atomic E-state index is 0.467. The van der Waals surface area contributed by atoms with Crippen LogP contribution in [0.4, 0.5) is 0 Å². The van der Waals surface area contributed by atoms with E-state index in [1.165, 1.54) is 37.1 Å². The quantitative estimate of drug-likeness (QED) is 0.606. The van der Waals surface area contributed by atoms with Crippen molar-refractivity contribution < 1.29 is 0 Å². The molecule has 1 aromatic heterocycles. The number of hydrogen-bond acceptors (Lipinski definition) is 3. The largest absolute Gasteiger partial charge is 0.352 e. The van der Waals surface area contributed by atoms with Gasteiger partial charge in [0.05, 0.1) is 17.9 Å². The third-order valence-electron chi connectivity index (χ3n) is 6.69. The van der Waals surface area contributed by atoms with Gasteiger partial charge in [-0.15, -0.1) is 0 Å². The number of nitrogens with zero attached hydrogens (tertiary/aromatic N) is 4. The lowest BCUT2D eigenvalue weighted by Crippen LogP contribution is -2.46. The molecule has 2 heterocycles. The van der Waals surface area contributed by atoms with Gasteiger partial charge in [0.25, 0.3) is 0 Å². The van der Waals surface area contributed by atoms with Crippen LogP contribution in [0.15, 0.2) is 35.3 Å². The fourth-order valence-electron chi connectivity index (χ4n) is 4.91. The van der Waals surface area contributed by atoms with Gasteiger partial charge >= 0.3 is 0 Å². The first kappa shape index (κ1) is 18.7. The zero-order chi connectivity index (χ0) is 19.8. The Labute approximate surface area is 173 Å². The molecular formula is C23H32N6. The summed E-state index contributed by atoms with van der Waals surface area (Å²) in [5, 5.41) is 12.2. The molecule has 0 radical (unpaired) electrons. The van der Waals surface area contributed by atoms with Crippen molar-refractivity contribution in [2.24, 2.45) is 10.9 Å². The Morgan fingerprint density at radius 1 is 1.17 bits per heavy atom. The van der Waals surface area contributed by atoms with Gasteiger partial charge in [-0.3, -0.25) is 9.89 Å². The molecule has 2 aliphatic carbocycles. The predicted octanol–water partition coefficient (Wildman–Crippen LogP) is 2.51. The van der Waals surface area contributed by atoms with E-state index in [-0.39, 0.29) is 0 Å². The highest BCUT2D eigenvalue weighted by atomic mass is 15.3. The molecule has 1 saturated carbocycles. The van der Waals surface area contributed by atoms with E-state index in [1.807, 2.05) is 7.05 Å². The van der Waals surface area contributed by atoms with Crippen molar-refractivity contribution >= 4 is 5.96 Å². The summed E-state index contributed by atoms with van der Waals surface area (Å²) in [5.41, 5.74) is 5.11. The van der Waals surface area contributed by atoms with Crippen LogP contribution in [0.25, 0.3) is 5.69 Å². The van der Waals surface area contributed by atoms with Crippen LogP contribution in [0, 0.1) is 5.92 Å². The van der Waals surface area contributed by atoms with Gasteiger partial charge in [-0.2, -0.15) is 5.10 Å². The smallest absolute Gasteiger partial charge is 0.191 e. The fourth-order valence-corrected chi connectivity index (χ4v) is 4.91. The van der Waals surface area contributed by atoms with Crippen LogP contribution >= 0.6 is 0 Å². The van der Waals surface area contributed by atoms with Crippen molar-refractivity contribution in [2.75, 3.05) is 20.1 Å². The summed E-state index contributed by atoms with van der Waals surface area (Å²) < 4.78 is 2.14. The van der Waals surface area contributed by atoms with Gasteiger partial charge < -0.3 is 10.6 Å². The van der Waals surface area contributed by atoms with Crippen LogP contribution in [0.3, 0.4) is 0 Å². The van der Waals surface area contributed by atoms with E-state index in [4.69, 9.17) is 5.10 Å². The van der Waals surface area contributed by atoms with Crippen molar-refractivity contribution in [1.82, 2.24) is 25.3 Å². The number of guanidine groups is 1. The van der Waals surface area contributed by atoms with Crippen LogP contribution in [0.2, 0.25) is 0 Å². The SMILES string of the molecule is CN=C(NCc1nn(-c2ccccc2)c2c1CCC2)NC1CN(C2CC2)CC1C. The van der Waals surface area contributed by atoms with Gasteiger partial charge in [-0.05, 0) is 55.7 Å². The molecule has 0 spiro atoms. The van der Waals surface area contributed by atoms with Gasteiger partial charge in [-0.1, -0.05) is 25.1 Å². The minimum Gasteiger partial charge on any atom is -0.352 e. The highest BCUT2D eigenvalue weighted by Gasteiger charge is 2.38. The van der Waals surface area contributed by atoms with E-state index in [2.05, 4.69) is 62.5 Å². The van der Waals surface area contributed by atoms with Crippen molar-refractivity contribution in [1.29, 1.82) is 0 Å². The maximum Gasteiger partial charge on any atom is 0.191 e. The van der Waals surface area contributed by atoms with E-state index >= 15 is 0 Å². The molecule has 2 fully saturated rings. The van der Waals surface area contributed by atoms with Crippen molar-refractivity contribution in [2.45, 2.75) is 57.7 Å². The number of fused-ring (bicyclic) bond motifs is 1. The molecule has 3 aliphatic rings. The standard InChI is InChI=1S/C23H32N6/c1-16-14-28(17-11-12-17)15-21(16)26-23(24-2)25-13-20-19-9-6-10-22(19)29(27-20)18-7-4-3-5-8-18/h3-5,7-8,16-17,21H,6,9-15H2,1-2H3,(H2,24,25,26). The molecule has 2 N–H and O–H groups in total. The molecule has 1 saturated heterocycles. The Morgan fingerprint density at radius 3 is 2.76 bits per heavy atom. The molecule has 5 rings (SSSR count). The number of rotatable bonds is 5. The molecule has 0 bridgehead atoms. The van der Waals surface area contributed by atoms with Crippen LogP contribution in [-0.4, -0.2) is 52.9 Å². The third-order valence-corrected chi connectivity index (χ3v) is 6.69. The van der Waals surface area contributed by atoms with E-state index in [9.17, 15) is 0 Å². The summed E-state index contributed by atoms with van der Waals surface area (Å²) in [7, 11) is 1.86. The van der Waals surface area contributed by atoms with E-state index in [0.29, 0.717) is 12.0 Å². The Morgan fingerprint density at radius 2 is 2.00 bits per heavy atom. The first-order valence-electron chi connectivity index (χ1n) is 11.1. The first-order chi connectivity index (χ1) is 14.2. The molecule has 1 aliphatic heterocycles. The molecule has 0 amide bonds. The number of aromatic nitrogens is 2. The molecular weight excluding hydrogens is 360 g/mol. The summed E-state index contributed by atoms with van der Waals surface area (Å²) >= 11 is 0. The van der Waals surface area contributed by atoms with Gasteiger partial charge in [0.2, 0.25) is 0 Å². The van der Waals surface area contributed by atoms with Crippen LogP contribution < -0.4 is 10.6 Å². The second-order valence-electron chi connectivity index (χ2n) is 8.81. The molecule has 2 atom stereocenters.